The van der Waals surface area contributed by atoms with Gasteiger partial charge in [-0.2, -0.15) is 0 Å². The minimum absolute atomic E-state index is 0.0290. The van der Waals surface area contributed by atoms with Crippen LogP contribution in [0.25, 0.3) is 0 Å². The van der Waals surface area contributed by atoms with Crippen molar-refractivity contribution in [2.45, 2.75) is 32.6 Å². The fraction of sp³-hybridized carbons (Fsp3) is 0.556. The van der Waals surface area contributed by atoms with Crippen LogP contribution in [0, 0.1) is 11.2 Å². The van der Waals surface area contributed by atoms with E-state index in [1.807, 2.05) is 16.7 Å². The Balaban J connectivity index is 1.65. The largest absolute Gasteiger partial charge is 0.342 e. The molecular formula is C18H22ClFN2O2. The zero-order valence-electron chi connectivity index (χ0n) is 13.9. The number of benzene rings is 1. The molecular weight excluding hydrogens is 331 g/mol. The van der Waals surface area contributed by atoms with Crippen LogP contribution in [0.3, 0.4) is 0 Å². The summed E-state index contributed by atoms with van der Waals surface area (Å²) in [7, 11) is 0. The van der Waals surface area contributed by atoms with Crippen molar-refractivity contribution in [1.29, 1.82) is 0 Å². The lowest BCUT2D eigenvalue weighted by Crippen LogP contribution is -2.52. The number of carbonyl (C=O) groups is 2. The van der Waals surface area contributed by atoms with Crippen molar-refractivity contribution < 1.29 is 14.0 Å². The third-order valence-electron chi connectivity index (χ3n) is 5.41. The Kier molecular flexibility index (Phi) is 4.81. The van der Waals surface area contributed by atoms with E-state index in [-0.39, 0.29) is 22.3 Å². The first kappa shape index (κ1) is 17.2. The molecule has 0 unspecified atom stereocenters. The van der Waals surface area contributed by atoms with Crippen molar-refractivity contribution in [2.24, 2.45) is 5.41 Å². The van der Waals surface area contributed by atoms with Crippen LogP contribution in [-0.2, 0) is 4.79 Å². The first-order valence-corrected chi connectivity index (χ1v) is 8.84. The highest BCUT2D eigenvalue weighted by atomic mass is 35.5. The molecule has 1 aromatic rings. The summed E-state index contributed by atoms with van der Waals surface area (Å²) in [6.45, 7) is 4.89. The third-order valence-corrected chi connectivity index (χ3v) is 5.70. The highest BCUT2D eigenvalue weighted by molar-refractivity contribution is 6.31. The van der Waals surface area contributed by atoms with Gasteiger partial charge < -0.3 is 9.80 Å². The van der Waals surface area contributed by atoms with Crippen LogP contribution in [0.2, 0.25) is 5.02 Å². The molecule has 0 aliphatic carbocycles. The average molecular weight is 353 g/mol. The number of carbonyl (C=O) groups excluding carboxylic acids is 2. The van der Waals surface area contributed by atoms with Crippen LogP contribution in [0.15, 0.2) is 18.2 Å². The van der Waals surface area contributed by atoms with E-state index in [4.69, 9.17) is 11.6 Å². The van der Waals surface area contributed by atoms with Gasteiger partial charge >= 0.3 is 0 Å². The molecule has 3 rings (SSSR count). The highest BCUT2D eigenvalue weighted by Gasteiger charge is 2.41. The molecule has 0 aromatic heterocycles. The molecule has 0 N–H and O–H groups in total. The Morgan fingerprint density at radius 3 is 2.62 bits per heavy atom. The van der Waals surface area contributed by atoms with Crippen LogP contribution in [0.5, 0.6) is 0 Å². The minimum Gasteiger partial charge on any atom is -0.342 e. The zero-order valence-corrected chi connectivity index (χ0v) is 14.6. The summed E-state index contributed by atoms with van der Waals surface area (Å²) in [6, 6.07) is 4.10. The van der Waals surface area contributed by atoms with Gasteiger partial charge in [0.2, 0.25) is 5.91 Å². The predicted molar refractivity (Wildman–Crippen MR) is 90.5 cm³/mol. The lowest BCUT2D eigenvalue weighted by Gasteiger charge is -2.47. The first-order valence-electron chi connectivity index (χ1n) is 8.46. The third kappa shape index (κ3) is 3.27. The van der Waals surface area contributed by atoms with E-state index < -0.39 is 5.82 Å². The molecule has 4 nitrogen and oxygen atoms in total. The average Bonchev–Trinajstić information content (AvgIpc) is 2.60. The van der Waals surface area contributed by atoms with Gasteiger partial charge in [-0.1, -0.05) is 11.6 Å². The molecule has 2 heterocycles. The summed E-state index contributed by atoms with van der Waals surface area (Å²) in [5, 5.41) is -0.0290. The zero-order chi connectivity index (χ0) is 17.3. The van der Waals surface area contributed by atoms with Gasteiger partial charge in [-0.25, -0.2) is 4.39 Å². The Bertz CT molecular complexity index is 656. The first-order chi connectivity index (χ1) is 11.4. The number of amides is 2. The lowest BCUT2D eigenvalue weighted by atomic mass is 9.72. The van der Waals surface area contributed by atoms with E-state index in [2.05, 4.69) is 0 Å². The monoisotopic (exact) mass is 352 g/mol. The van der Waals surface area contributed by atoms with Crippen molar-refractivity contribution in [3.63, 3.8) is 0 Å². The van der Waals surface area contributed by atoms with Crippen molar-refractivity contribution in [3.8, 4) is 0 Å². The Morgan fingerprint density at radius 1 is 1.29 bits per heavy atom. The summed E-state index contributed by atoms with van der Waals surface area (Å²) >= 11 is 5.78. The summed E-state index contributed by atoms with van der Waals surface area (Å²) in [5.41, 5.74) is 0.563. The molecule has 2 aliphatic rings. The molecule has 2 amide bonds. The van der Waals surface area contributed by atoms with E-state index in [9.17, 15) is 14.0 Å². The Hall–Kier alpha value is -1.62. The molecule has 6 heteroatoms. The van der Waals surface area contributed by atoms with Crippen LogP contribution in [-0.4, -0.2) is 47.8 Å². The smallest absolute Gasteiger partial charge is 0.253 e. The number of hydrogen-bond donors (Lipinski definition) is 0. The van der Waals surface area contributed by atoms with E-state index in [1.54, 1.807) is 0 Å². The number of piperidine rings is 2. The number of rotatable bonds is 2. The van der Waals surface area contributed by atoms with Crippen LogP contribution in [0.4, 0.5) is 4.39 Å². The number of hydrogen-bond acceptors (Lipinski definition) is 2. The topological polar surface area (TPSA) is 40.6 Å². The SMILES string of the molecule is CCN1CC2(CCC1=O)CCN(C(=O)c1ccc(F)c(Cl)c1)CC2. The summed E-state index contributed by atoms with van der Waals surface area (Å²) in [6.07, 6.45) is 3.32. The maximum Gasteiger partial charge on any atom is 0.253 e. The second kappa shape index (κ2) is 6.71. The number of halogens is 2. The summed E-state index contributed by atoms with van der Waals surface area (Å²) in [4.78, 5) is 28.2. The molecule has 0 bridgehead atoms. The maximum atomic E-state index is 13.3. The van der Waals surface area contributed by atoms with E-state index in [1.165, 1.54) is 18.2 Å². The Morgan fingerprint density at radius 2 is 2.00 bits per heavy atom. The van der Waals surface area contributed by atoms with Gasteiger partial charge in [0.05, 0.1) is 5.02 Å². The van der Waals surface area contributed by atoms with Crippen molar-refractivity contribution in [2.75, 3.05) is 26.2 Å². The quantitative estimate of drug-likeness (QED) is 0.819. The minimum atomic E-state index is -0.516. The molecule has 24 heavy (non-hydrogen) atoms. The molecule has 1 spiro atoms. The second-order valence-electron chi connectivity index (χ2n) is 6.83. The molecule has 0 radical (unpaired) electrons. The number of likely N-dealkylation sites (tertiary alicyclic amines) is 2. The second-order valence-corrected chi connectivity index (χ2v) is 7.24. The number of nitrogens with zero attached hydrogens (tertiary/aromatic N) is 2. The van der Waals surface area contributed by atoms with Crippen molar-refractivity contribution in [3.05, 3.63) is 34.6 Å². The molecule has 2 fully saturated rings. The summed E-state index contributed by atoms with van der Waals surface area (Å²) < 4.78 is 13.3. The van der Waals surface area contributed by atoms with Crippen molar-refractivity contribution >= 4 is 23.4 Å². The highest BCUT2D eigenvalue weighted by Crippen LogP contribution is 2.40. The van der Waals surface area contributed by atoms with Crippen LogP contribution < -0.4 is 0 Å². The molecule has 130 valence electrons. The summed E-state index contributed by atoms with van der Waals surface area (Å²) in [5.74, 6) is -0.383. The van der Waals surface area contributed by atoms with E-state index >= 15 is 0 Å². The fourth-order valence-corrected chi connectivity index (χ4v) is 3.98. The van der Waals surface area contributed by atoms with Crippen LogP contribution >= 0.6 is 11.6 Å². The lowest BCUT2D eigenvalue weighted by molar-refractivity contribution is -0.138. The fourth-order valence-electron chi connectivity index (χ4n) is 3.79. The van der Waals surface area contributed by atoms with Gasteiger partial charge in [-0.3, -0.25) is 9.59 Å². The van der Waals surface area contributed by atoms with Gasteiger partial charge in [-0.15, -0.1) is 0 Å². The van der Waals surface area contributed by atoms with Gasteiger partial charge in [0, 0.05) is 38.2 Å². The Labute approximate surface area is 146 Å². The molecule has 2 aliphatic heterocycles. The predicted octanol–water partition coefficient (Wildman–Crippen LogP) is 3.34. The molecule has 0 saturated carbocycles. The standard InChI is InChI=1S/C18H22ClFN2O2/c1-2-21-12-18(6-5-16(21)23)7-9-22(10-8-18)17(24)13-3-4-15(20)14(19)11-13/h3-4,11H,2,5-10,12H2,1H3. The van der Waals surface area contributed by atoms with Gasteiger partial charge in [0.15, 0.2) is 0 Å². The molecule has 0 atom stereocenters. The maximum absolute atomic E-state index is 13.3. The van der Waals surface area contributed by atoms with Gasteiger partial charge in [-0.05, 0) is 49.8 Å². The van der Waals surface area contributed by atoms with Crippen molar-refractivity contribution in [1.82, 2.24) is 9.80 Å². The van der Waals surface area contributed by atoms with E-state index in [0.717, 1.165) is 32.4 Å². The van der Waals surface area contributed by atoms with Crippen LogP contribution in [0.1, 0.15) is 43.0 Å². The van der Waals surface area contributed by atoms with E-state index in [0.29, 0.717) is 25.1 Å². The molecule has 2 saturated heterocycles. The van der Waals surface area contributed by atoms with Gasteiger partial charge in [0.1, 0.15) is 5.82 Å². The normalized spacial score (nSPS) is 20.5. The van der Waals surface area contributed by atoms with Gasteiger partial charge in [0.25, 0.3) is 5.91 Å². The molecule has 1 aromatic carbocycles.